The number of aromatic nitrogens is 1. The van der Waals surface area contributed by atoms with Gasteiger partial charge in [0.25, 0.3) is 11.7 Å². The van der Waals surface area contributed by atoms with E-state index < -0.39 is 27.2 Å². The summed E-state index contributed by atoms with van der Waals surface area (Å²) in [6.07, 6.45) is 1.93. The van der Waals surface area contributed by atoms with Crippen molar-refractivity contribution in [2.24, 2.45) is 0 Å². The normalized spacial score (nSPS) is 25.6. The average Bonchev–Trinajstić information content (AvgIpc) is 3.06. The molecule has 7 nitrogen and oxygen atoms in total. The molecule has 2 aromatic rings. The molecule has 1 N–H and O–H groups in total. The van der Waals surface area contributed by atoms with E-state index in [4.69, 9.17) is 4.74 Å². The van der Waals surface area contributed by atoms with Gasteiger partial charge in [0.15, 0.2) is 0 Å². The lowest BCUT2D eigenvalue weighted by molar-refractivity contribution is -0.132. The first-order chi connectivity index (χ1) is 11.8. The van der Waals surface area contributed by atoms with E-state index in [0.29, 0.717) is 12.0 Å². The van der Waals surface area contributed by atoms with E-state index >= 15 is 0 Å². The molecule has 1 saturated heterocycles. The van der Waals surface area contributed by atoms with Crippen molar-refractivity contribution >= 4 is 26.7 Å². The lowest BCUT2D eigenvalue weighted by Crippen LogP contribution is -2.33. The number of Topliss-reactive ketones (excluding diaryl/α,β-unsaturated/α-hetero) is 1. The van der Waals surface area contributed by atoms with E-state index in [9.17, 15) is 18.3 Å². The van der Waals surface area contributed by atoms with E-state index in [0.717, 1.165) is 15.2 Å². The zero-order valence-electron chi connectivity index (χ0n) is 13.5. The number of aliphatic hydroxyl groups is 1. The van der Waals surface area contributed by atoms with Gasteiger partial charge in [-0.05, 0) is 25.5 Å². The predicted molar refractivity (Wildman–Crippen MR) is 90.0 cm³/mol. The number of aliphatic hydroxyl groups excluding tert-OH is 1. The molecule has 0 amide bonds. The third kappa shape index (κ3) is 2.28. The molecule has 25 heavy (non-hydrogen) atoms. The van der Waals surface area contributed by atoms with Crippen LogP contribution in [0.2, 0.25) is 0 Å². The summed E-state index contributed by atoms with van der Waals surface area (Å²) in [7, 11) is -3.57. The molecule has 0 bridgehead atoms. The van der Waals surface area contributed by atoms with Gasteiger partial charge in [-0.25, -0.2) is 12.7 Å². The molecule has 8 heteroatoms. The van der Waals surface area contributed by atoms with Crippen LogP contribution in [0.3, 0.4) is 0 Å². The molecule has 2 aliphatic heterocycles. The number of hydrogen-bond donors (Lipinski definition) is 1. The van der Waals surface area contributed by atoms with Gasteiger partial charge in [-0.2, -0.15) is 0 Å². The van der Waals surface area contributed by atoms with Crippen LogP contribution in [0.25, 0.3) is 10.9 Å². The second-order valence-electron chi connectivity index (χ2n) is 6.28. The first kappa shape index (κ1) is 15.9. The Hall–Kier alpha value is -2.61. The molecule has 0 radical (unpaired) electrons. The number of hydrogen-bond acceptors (Lipinski definition) is 6. The average molecular weight is 360 g/mol. The van der Waals surface area contributed by atoms with E-state index in [-0.39, 0.29) is 18.2 Å². The molecule has 1 atom stereocenters. The van der Waals surface area contributed by atoms with Crippen LogP contribution in [0, 0.1) is 0 Å². The van der Waals surface area contributed by atoms with Gasteiger partial charge in [0.2, 0.25) is 21.4 Å². The number of ether oxygens (including phenoxy) is 1. The van der Waals surface area contributed by atoms with Gasteiger partial charge in [0, 0.05) is 23.7 Å². The van der Waals surface area contributed by atoms with Gasteiger partial charge in [-0.3, -0.25) is 9.78 Å². The molecule has 1 unspecified atom stereocenters. The Morgan fingerprint density at radius 2 is 2.08 bits per heavy atom. The maximum absolute atomic E-state index is 12.7. The summed E-state index contributed by atoms with van der Waals surface area (Å²) >= 11 is 0. The largest absolute Gasteiger partial charge is 0.501 e. The van der Waals surface area contributed by atoms with Gasteiger partial charge in [0.05, 0.1) is 11.3 Å². The summed E-state index contributed by atoms with van der Waals surface area (Å²) in [6, 6.07) is 9.17. The highest BCUT2D eigenvalue weighted by atomic mass is 32.2. The standard InChI is InChI=1S/C17H16N2O5S/c1-17(12-9-11-5-2-3-6-13(11)18-10-12)15(21)14(20)16(24-17)19-7-4-8-25(19,22)23/h2-3,5-6,9-10,20H,4,7-8H2,1H3. The minimum absolute atomic E-state index is 0.0322. The molecule has 3 heterocycles. The van der Waals surface area contributed by atoms with Gasteiger partial charge in [0.1, 0.15) is 0 Å². The van der Waals surface area contributed by atoms with Crippen LogP contribution in [0.5, 0.6) is 0 Å². The zero-order chi connectivity index (χ0) is 17.8. The molecule has 1 aromatic heterocycles. The van der Waals surface area contributed by atoms with Crippen LogP contribution in [0.4, 0.5) is 0 Å². The number of carbonyl (C=O) groups excluding carboxylic acids is 1. The van der Waals surface area contributed by atoms with E-state index in [2.05, 4.69) is 4.98 Å². The fourth-order valence-corrected chi connectivity index (χ4v) is 4.67. The summed E-state index contributed by atoms with van der Waals surface area (Å²) in [5.41, 5.74) is -0.302. The number of pyridine rings is 1. The molecule has 1 aromatic carbocycles. The van der Waals surface area contributed by atoms with Crippen LogP contribution < -0.4 is 0 Å². The third-order valence-electron chi connectivity index (χ3n) is 4.62. The number of ketones is 1. The van der Waals surface area contributed by atoms with Gasteiger partial charge in [-0.1, -0.05) is 18.2 Å². The van der Waals surface area contributed by atoms with Gasteiger partial charge >= 0.3 is 0 Å². The molecule has 1 fully saturated rings. The molecular formula is C17H16N2O5S. The lowest BCUT2D eigenvalue weighted by atomic mass is 9.92. The Morgan fingerprint density at radius 1 is 1.32 bits per heavy atom. The Labute approximate surface area is 144 Å². The van der Waals surface area contributed by atoms with Crippen molar-refractivity contribution in [3.8, 4) is 0 Å². The first-order valence-electron chi connectivity index (χ1n) is 7.86. The topological polar surface area (TPSA) is 96.8 Å². The monoisotopic (exact) mass is 360 g/mol. The Balaban J connectivity index is 1.77. The molecule has 0 aliphatic carbocycles. The van der Waals surface area contributed by atoms with E-state index in [1.807, 2.05) is 24.3 Å². The van der Waals surface area contributed by atoms with Crippen molar-refractivity contribution in [3.63, 3.8) is 0 Å². The fourth-order valence-electron chi connectivity index (χ4n) is 3.17. The van der Waals surface area contributed by atoms with Crippen molar-refractivity contribution < 1.29 is 23.1 Å². The minimum atomic E-state index is -3.57. The Bertz CT molecular complexity index is 1030. The van der Waals surface area contributed by atoms with E-state index in [1.165, 1.54) is 13.1 Å². The number of rotatable bonds is 2. The Kier molecular flexibility index (Phi) is 3.30. The molecular weight excluding hydrogens is 344 g/mol. The summed E-state index contributed by atoms with van der Waals surface area (Å²) in [4.78, 5) is 17.0. The number of para-hydroxylation sites is 1. The maximum atomic E-state index is 12.7. The number of carbonyl (C=O) groups is 1. The van der Waals surface area contributed by atoms with Gasteiger partial charge < -0.3 is 9.84 Å². The SMILES string of the molecule is CC1(c2cnc3ccccc3c2)OC(N2CCCS2(=O)=O)=C(O)C1=O. The highest BCUT2D eigenvalue weighted by molar-refractivity contribution is 7.89. The van der Waals surface area contributed by atoms with Crippen molar-refractivity contribution in [1.29, 1.82) is 0 Å². The van der Waals surface area contributed by atoms with Crippen LogP contribution in [-0.2, 0) is 25.2 Å². The van der Waals surface area contributed by atoms with Crippen LogP contribution in [-0.4, -0.2) is 40.9 Å². The quantitative estimate of drug-likeness (QED) is 0.877. The highest BCUT2D eigenvalue weighted by Crippen LogP contribution is 2.41. The molecule has 0 saturated carbocycles. The predicted octanol–water partition coefficient (Wildman–Crippen LogP) is 1.81. The van der Waals surface area contributed by atoms with Crippen LogP contribution in [0.1, 0.15) is 18.9 Å². The summed E-state index contributed by atoms with van der Waals surface area (Å²) < 4.78 is 30.9. The first-order valence-corrected chi connectivity index (χ1v) is 9.46. The van der Waals surface area contributed by atoms with Crippen molar-refractivity contribution in [1.82, 2.24) is 9.29 Å². The molecule has 0 spiro atoms. The second-order valence-corrected chi connectivity index (χ2v) is 8.29. The maximum Gasteiger partial charge on any atom is 0.252 e. The van der Waals surface area contributed by atoms with E-state index in [1.54, 1.807) is 6.07 Å². The smallest absolute Gasteiger partial charge is 0.252 e. The summed E-state index contributed by atoms with van der Waals surface area (Å²) in [5, 5.41) is 11.1. The fraction of sp³-hybridized carbons (Fsp3) is 0.294. The summed E-state index contributed by atoms with van der Waals surface area (Å²) in [6.45, 7) is 1.69. The number of fused-ring (bicyclic) bond motifs is 1. The number of sulfonamides is 1. The lowest BCUT2D eigenvalue weighted by Gasteiger charge is -2.26. The second kappa shape index (κ2) is 5.19. The Morgan fingerprint density at radius 3 is 2.80 bits per heavy atom. The summed E-state index contributed by atoms with van der Waals surface area (Å²) in [5.74, 6) is -1.67. The molecule has 4 rings (SSSR count). The zero-order valence-corrected chi connectivity index (χ0v) is 14.3. The van der Waals surface area contributed by atoms with Gasteiger partial charge in [-0.15, -0.1) is 0 Å². The van der Waals surface area contributed by atoms with Crippen LogP contribution in [0.15, 0.2) is 48.2 Å². The van der Waals surface area contributed by atoms with Crippen molar-refractivity contribution in [2.45, 2.75) is 18.9 Å². The van der Waals surface area contributed by atoms with Crippen LogP contribution >= 0.6 is 0 Å². The molecule has 130 valence electrons. The van der Waals surface area contributed by atoms with Crippen molar-refractivity contribution in [2.75, 3.05) is 12.3 Å². The minimum Gasteiger partial charge on any atom is -0.501 e. The number of nitrogens with zero attached hydrogens (tertiary/aromatic N) is 2. The van der Waals surface area contributed by atoms with Crippen molar-refractivity contribution in [3.05, 3.63) is 53.7 Å². The third-order valence-corrected chi connectivity index (χ3v) is 6.44. The molecule has 2 aliphatic rings. The highest BCUT2D eigenvalue weighted by Gasteiger charge is 2.51. The number of benzene rings is 1.